The monoisotopic (exact) mass is 445 g/mol. The third-order valence-corrected chi connectivity index (χ3v) is 8.03. The summed E-state index contributed by atoms with van der Waals surface area (Å²) in [5, 5.41) is 1.38. The molecule has 0 spiro atoms. The third-order valence-electron chi connectivity index (χ3n) is 8.03. The molecule has 2 aromatic rings. The fourth-order valence-corrected chi connectivity index (χ4v) is 5.60. The first-order valence-electron chi connectivity index (χ1n) is 13.1. The Morgan fingerprint density at radius 3 is 2.45 bits per heavy atom. The zero-order valence-corrected chi connectivity index (χ0v) is 21.5. The molecule has 0 atom stereocenters. The molecule has 2 saturated heterocycles. The number of hydrogen-bond donors (Lipinski definition) is 1. The summed E-state index contributed by atoms with van der Waals surface area (Å²) in [7, 11) is 2.26. The number of aryl methyl sites for hydroxylation is 1. The third kappa shape index (κ3) is 5.53. The van der Waals surface area contributed by atoms with E-state index < -0.39 is 0 Å². The van der Waals surface area contributed by atoms with Crippen LogP contribution in [0.25, 0.3) is 16.5 Å². The number of aromatic nitrogens is 1. The van der Waals surface area contributed by atoms with Crippen LogP contribution in [0.3, 0.4) is 0 Å². The van der Waals surface area contributed by atoms with E-state index in [9.17, 15) is 0 Å². The van der Waals surface area contributed by atoms with Gasteiger partial charge < -0.3 is 14.8 Å². The minimum Gasteiger partial charge on any atom is -0.354 e. The Kier molecular flexibility index (Phi) is 7.93. The van der Waals surface area contributed by atoms with Gasteiger partial charge in [-0.3, -0.25) is 0 Å². The number of fused-ring (bicyclic) bond motifs is 1. The first-order chi connectivity index (χ1) is 16.0. The fraction of sp³-hybridized carbons (Fsp3) is 0.533. The summed E-state index contributed by atoms with van der Waals surface area (Å²) in [6.45, 7) is 13.8. The smallest absolute Gasteiger partial charge is 0.0494 e. The van der Waals surface area contributed by atoms with Gasteiger partial charge in [-0.05, 0) is 121 Å². The van der Waals surface area contributed by atoms with Crippen molar-refractivity contribution in [2.75, 3.05) is 33.2 Å². The van der Waals surface area contributed by atoms with Gasteiger partial charge in [0.25, 0.3) is 0 Å². The molecule has 3 heteroatoms. The lowest BCUT2D eigenvalue weighted by Gasteiger charge is -2.41. The highest BCUT2D eigenvalue weighted by molar-refractivity contribution is 5.91. The molecule has 1 N–H and O–H groups in total. The van der Waals surface area contributed by atoms with Crippen LogP contribution >= 0.6 is 0 Å². The van der Waals surface area contributed by atoms with Gasteiger partial charge in [0.2, 0.25) is 0 Å². The highest BCUT2D eigenvalue weighted by atomic mass is 15.2. The van der Waals surface area contributed by atoms with Gasteiger partial charge in [0.1, 0.15) is 0 Å². The van der Waals surface area contributed by atoms with E-state index in [4.69, 9.17) is 0 Å². The number of nitrogens with one attached hydrogen (secondary N) is 1. The Hall–Kier alpha value is -2.10. The first kappa shape index (κ1) is 24.0. The number of likely N-dealkylation sites (tertiary alicyclic amines) is 2. The number of benzene rings is 1. The van der Waals surface area contributed by atoms with E-state index in [1.54, 1.807) is 0 Å². The topological polar surface area (TPSA) is 22.3 Å². The molecule has 2 aliphatic heterocycles. The second-order valence-electron chi connectivity index (χ2n) is 10.3. The molecule has 178 valence electrons. The number of allylic oxidation sites excluding steroid dienone is 6. The molecule has 0 radical (unpaired) electrons. The summed E-state index contributed by atoms with van der Waals surface area (Å²) in [6.07, 6.45) is 15.2. The summed E-state index contributed by atoms with van der Waals surface area (Å²) < 4.78 is 0. The molecular weight excluding hydrogens is 402 g/mol. The minimum atomic E-state index is 0.690. The second-order valence-corrected chi connectivity index (χ2v) is 10.3. The zero-order valence-electron chi connectivity index (χ0n) is 21.5. The molecule has 1 aromatic carbocycles. The van der Waals surface area contributed by atoms with E-state index in [1.807, 2.05) is 0 Å². The van der Waals surface area contributed by atoms with E-state index in [0.29, 0.717) is 5.92 Å². The molecule has 2 fully saturated rings. The molecule has 1 aromatic heterocycles. The van der Waals surface area contributed by atoms with E-state index in [1.165, 1.54) is 90.7 Å². The van der Waals surface area contributed by atoms with Crippen LogP contribution in [-0.4, -0.2) is 54.1 Å². The second kappa shape index (κ2) is 10.9. The van der Waals surface area contributed by atoms with Gasteiger partial charge in [0.15, 0.2) is 0 Å². The molecule has 4 rings (SSSR count). The largest absolute Gasteiger partial charge is 0.354 e. The van der Waals surface area contributed by atoms with Crippen molar-refractivity contribution < 1.29 is 0 Å². The Labute approximate surface area is 201 Å². The van der Waals surface area contributed by atoms with Gasteiger partial charge in [-0.1, -0.05) is 42.9 Å². The average molecular weight is 446 g/mol. The lowest BCUT2D eigenvalue weighted by atomic mass is 9.87. The van der Waals surface area contributed by atoms with E-state index in [2.05, 4.69) is 92.0 Å². The van der Waals surface area contributed by atoms with E-state index >= 15 is 0 Å². The van der Waals surface area contributed by atoms with Gasteiger partial charge in [-0.15, -0.1) is 0 Å². The number of H-pyrrole nitrogens is 1. The standard InChI is InChI=1S/C30H43N3/c1-6-8-25(10-9-22(3)7-2)30-23(4)28-21-26(11-12-29(28)31-30)24-13-19-33(20-14-24)27-15-17-32(5)18-16-27/h6,8-12,21,24,27,31H,7,13-20H2,1-5H3/b8-6-,22-9?,25-10+. The number of rotatable bonds is 6. The Bertz CT molecular complexity index is 1020. The van der Waals surface area contributed by atoms with Crippen molar-refractivity contribution in [2.24, 2.45) is 0 Å². The normalized spacial score (nSPS) is 21.0. The van der Waals surface area contributed by atoms with Crippen LogP contribution in [0.4, 0.5) is 0 Å². The van der Waals surface area contributed by atoms with Gasteiger partial charge in [-0.2, -0.15) is 0 Å². The van der Waals surface area contributed by atoms with Crippen LogP contribution in [0, 0.1) is 6.92 Å². The van der Waals surface area contributed by atoms with Crippen molar-refractivity contribution in [1.29, 1.82) is 0 Å². The minimum absolute atomic E-state index is 0.690. The van der Waals surface area contributed by atoms with Crippen LogP contribution in [0.2, 0.25) is 0 Å². The average Bonchev–Trinajstić information content (AvgIpc) is 3.17. The van der Waals surface area contributed by atoms with Crippen LogP contribution in [0.5, 0.6) is 0 Å². The maximum Gasteiger partial charge on any atom is 0.0494 e. The molecule has 0 amide bonds. The van der Waals surface area contributed by atoms with Crippen molar-refractivity contribution in [1.82, 2.24) is 14.8 Å². The van der Waals surface area contributed by atoms with Gasteiger partial charge in [0.05, 0.1) is 0 Å². The fourth-order valence-electron chi connectivity index (χ4n) is 5.60. The van der Waals surface area contributed by atoms with Crippen molar-refractivity contribution in [3.63, 3.8) is 0 Å². The van der Waals surface area contributed by atoms with Crippen molar-refractivity contribution in [3.05, 3.63) is 64.9 Å². The van der Waals surface area contributed by atoms with Crippen LogP contribution in [0.15, 0.2) is 48.1 Å². The highest BCUT2D eigenvalue weighted by Gasteiger charge is 2.28. The van der Waals surface area contributed by atoms with Crippen LogP contribution in [-0.2, 0) is 0 Å². The lowest BCUT2D eigenvalue weighted by molar-refractivity contribution is 0.0966. The van der Waals surface area contributed by atoms with Gasteiger partial charge in [-0.25, -0.2) is 0 Å². The van der Waals surface area contributed by atoms with E-state index in [0.717, 1.165) is 12.5 Å². The maximum atomic E-state index is 3.71. The number of hydrogen-bond acceptors (Lipinski definition) is 2. The SMILES string of the molecule is C/C=C\C(=C/C=C(C)CC)c1[nH]c2ccc(C3CCN(C4CCN(C)CC4)CC3)cc2c1C. The molecular formula is C30H43N3. The molecule has 33 heavy (non-hydrogen) atoms. The number of piperidine rings is 2. The van der Waals surface area contributed by atoms with Crippen LogP contribution in [0.1, 0.15) is 75.6 Å². The Morgan fingerprint density at radius 1 is 1.06 bits per heavy atom. The predicted octanol–water partition coefficient (Wildman–Crippen LogP) is 7.07. The molecule has 0 bridgehead atoms. The van der Waals surface area contributed by atoms with Crippen molar-refractivity contribution >= 4 is 16.5 Å². The van der Waals surface area contributed by atoms with Crippen molar-refractivity contribution in [3.8, 4) is 0 Å². The number of aromatic amines is 1. The summed E-state index contributed by atoms with van der Waals surface area (Å²) >= 11 is 0. The summed E-state index contributed by atoms with van der Waals surface area (Å²) in [4.78, 5) is 8.97. The summed E-state index contributed by atoms with van der Waals surface area (Å²) in [5.41, 5.74) is 8.05. The number of nitrogens with zero attached hydrogens (tertiary/aromatic N) is 2. The predicted molar refractivity (Wildman–Crippen MR) is 144 cm³/mol. The molecule has 0 aliphatic carbocycles. The molecule has 3 nitrogen and oxygen atoms in total. The summed E-state index contributed by atoms with van der Waals surface area (Å²) in [6, 6.07) is 7.96. The quantitative estimate of drug-likeness (QED) is 0.481. The Balaban J connectivity index is 1.51. The first-order valence-corrected chi connectivity index (χ1v) is 13.1. The molecule has 2 aliphatic rings. The van der Waals surface area contributed by atoms with Crippen molar-refractivity contribution in [2.45, 2.75) is 71.8 Å². The van der Waals surface area contributed by atoms with Crippen LogP contribution < -0.4 is 0 Å². The molecule has 0 unspecified atom stereocenters. The lowest BCUT2D eigenvalue weighted by Crippen LogP contribution is -2.46. The highest BCUT2D eigenvalue weighted by Crippen LogP contribution is 2.34. The molecule has 0 saturated carbocycles. The van der Waals surface area contributed by atoms with Gasteiger partial charge in [0, 0.05) is 22.6 Å². The zero-order chi connectivity index (χ0) is 23.4. The Morgan fingerprint density at radius 2 is 1.79 bits per heavy atom. The maximum absolute atomic E-state index is 3.71. The van der Waals surface area contributed by atoms with Gasteiger partial charge >= 0.3 is 0 Å². The summed E-state index contributed by atoms with van der Waals surface area (Å²) in [5.74, 6) is 0.690. The van der Waals surface area contributed by atoms with E-state index in [-0.39, 0.29) is 0 Å². The molecule has 3 heterocycles.